The van der Waals surface area contributed by atoms with Crippen LogP contribution in [0.5, 0.6) is 0 Å². The molecule has 4 heteroatoms. The summed E-state index contributed by atoms with van der Waals surface area (Å²) in [5.74, 6) is -0.0224. The molecule has 1 amide bonds. The first kappa shape index (κ1) is 17.7. The molecule has 1 heterocycles. The number of benzene rings is 2. The van der Waals surface area contributed by atoms with Crippen molar-refractivity contribution in [3.05, 3.63) is 70.2 Å². The average Bonchev–Trinajstić information content (AvgIpc) is 2.58. The molecule has 0 saturated heterocycles. The van der Waals surface area contributed by atoms with E-state index in [2.05, 4.69) is 48.4 Å². The molecule has 3 rings (SSSR count). The van der Waals surface area contributed by atoms with Gasteiger partial charge in [0.25, 0.3) is 0 Å². The lowest BCUT2D eigenvalue weighted by atomic mass is 9.78. The summed E-state index contributed by atoms with van der Waals surface area (Å²) in [4.78, 5) is 17.2. The molecular formula is C21H23ClN2O. The molecule has 2 aromatic rings. The minimum Gasteiger partial charge on any atom is -0.354 e. The van der Waals surface area contributed by atoms with Crippen LogP contribution in [0.3, 0.4) is 0 Å². The van der Waals surface area contributed by atoms with Crippen LogP contribution in [0.15, 0.2) is 53.5 Å². The molecule has 25 heavy (non-hydrogen) atoms. The first-order valence-corrected chi connectivity index (χ1v) is 9.16. The number of carbonyl (C=O) groups is 1. The molecule has 3 nitrogen and oxygen atoms in total. The van der Waals surface area contributed by atoms with Crippen LogP contribution < -0.4 is 5.32 Å². The largest absolute Gasteiger partial charge is 0.354 e. The number of nitrogens with one attached hydrogen (secondary N) is 1. The van der Waals surface area contributed by atoms with Crippen molar-refractivity contribution in [1.82, 2.24) is 5.32 Å². The Labute approximate surface area is 154 Å². The Morgan fingerprint density at radius 2 is 1.80 bits per heavy atom. The number of aliphatic imine (C=N–C) groups is 1. The number of unbranched alkanes of at least 4 members (excludes halogenated alkanes) is 1. The minimum atomic E-state index is -0.366. The number of rotatable bonds is 6. The molecule has 0 aromatic heterocycles. The smallest absolute Gasteiger partial charge is 0.245 e. The first-order chi connectivity index (χ1) is 12.1. The normalized spacial score (nSPS) is 19.1. The summed E-state index contributed by atoms with van der Waals surface area (Å²) in [6, 6.07) is 15.6. The average molecular weight is 355 g/mol. The number of nitrogens with zero attached hydrogens (tertiary/aromatic N) is 1. The van der Waals surface area contributed by atoms with E-state index in [0.29, 0.717) is 11.6 Å². The van der Waals surface area contributed by atoms with Crippen molar-refractivity contribution >= 4 is 23.2 Å². The molecule has 0 aliphatic carbocycles. The summed E-state index contributed by atoms with van der Waals surface area (Å²) in [6.07, 6.45) is 2.04. The third kappa shape index (κ3) is 3.93. The van der Waals surface area contributed by atoms with Gasteiger partial charge in [-0.05, 0) is 36.6 Å². The standard InChI is InChI=1S/C21H23ClN2O/c1-3-4-13-23-21(25)20-18(15-9-11-17(22)12-10-15)19(24-20)16-7-5-14(2)6-8-16/h5-12,18,20H,3-4,13H2,1-2H3,(H,23,25). The molecule has 2 atom stereocenters. The second kappa shape index (κ2) is 7.83. The zero-order valence-corrected chi connectivity index (χ0v) is 15.4. The lowest BCUT2D eigenvalue weighted by molar-refractivity contribution is -0.122. The van der Waals surface area contributed by atoms with Gasteiger partial charge in [0.1, 0.15) is 6.04 Å². The Morgan fingerprint density at radius 3 is 2.44 bits per heavy atom. The fourth-order valence-electron chi connectivity index (χ4n) is 3.06. The summed E-state index contributed by atoms with van der Waals surface area (Å²) in [6.45, 7) is 4.88. The SMILES string of the molecule is CCCCNC(=O)C1N=C(c2ccc(C)cc2)C1c1ccc(Cl)cc1. The highest BCUT2D eigenvalue weighted by Gasteiger charge is 2.41. The van der Waals surface area contributed by atoms with Gasteiger partial charge in [0.15, 0.2) is 0 Å². The van der Waals surface area contributed by atoms with Crippen LogP contribution in [0, 0.1) is 6.92 Å². The van der Waals surface area contributed by atoms with Gasteiger partial charge in [-0.25, -0.2) is 0 Å². The van der Waals surface area contributed by atoms with Gasteiger partial charge < -0.3 is 5.32 Å². The predicted octanol–water partition coefficient (Wildman–Crippen LogP) is 4.52. The van der Waals surface area contributed by atoms with Gasteiger partial charge >= 0.3 is 0 Å². The molecule has 0 bridgehead atoms. The van der Waals surface area contributed by atoms with Crippen molar-refractivity contribution < 1.29 is 4.79 Å². The number of hydrogen-bond acceptors (Lipinski definition) is 2. The second-order valence-corrected chi connectivity index (χ2v) is 6.94. The first-order valence-electron chi connectivity index (χ1n) is 8.78. The van der Waals surface area contributed by atoms with Crippen LogP contribution in [0.4, 0.5) is 0 Å². The summed E-state index contributed by atoms with van der Waals surface area (Å²) >= 11 is 6.02. The Kier molecular flexibility index (Phi) is 5.54. The lowest BCUT2D eigenvalue weighted by Gasteiger charge is -2.34. The highest BCUT2D eigenvalue weighted by atomic mass is 35.5. The van der Waals surface area contributed by atoms with E-state index in [1.807, 2.05) is 24.3 Å². The van der Waals surface area contributed by atoms with Crippen LogP contribution in [-0.2, 0) is 4.79 Å². The van der Waals surface area contributed by atoms with E-state index < -0.39 is 0 Å². The molecule has 0 fully saturated rings. The van der Waals surface area contributed by atoms with Gasteiger partial charge in [-0.2, -0.15) is 0 Å². The number of amides is 1. The fourth-order valence-corrected chi connectivity index (χ4v) is 3.19. The number of halogens is 1. The molecule has 130 valence electrons. The zero-order chi connectivity index (χ0) is 17.8. The van der Waals surface area contributed by atoms with E-state index in [9.17, 15) is 4.79 Å². The van der Waals surface area contributed by atoms with Crippen molar-refractivity contribution in [2.24, 2.45) is 4.99 Å². The van der Waals surface area contributed by atoms with E-state index >= 15 is 0 Å². The zero-order valence-electron chi connectivity index (χ0n) is 14.6. The minimum absolute atomic E-state index is 0.00395. The maximum atomic E-state index is 12.5. The fraction of sp³-hybridized carbons (Fsp3) is 0.333. The van der Waals surface area contributed by atoms with Gasteiger partial charge in [0.2, 0.25) is 5.91 Å². The molecule has 2 unspecified atom stereocenters. The third-order valence-corrected chi connectivity index (χ3v) is 4.82. The van der Waals surface area contributed by atoms with E-state index in [1.165, 1.54) is 5.56 Å². The third-order valence-electron chi connectivity index (χ3n) is 4.56. The molecule has 1 aliphatic rings. The van der Waals surface area contributed by atoms with Gasteiger partial charge in [-0.15, -0.1) is 0 Å². The van der Waals surface area contributed by atoms with Crippen molar-refractivity contribution in [2.75, 3.05) is 6.54 Å². The van der Waals surface area contributed by atoms with Crippen LogP contribution in [0.2, 0.25) is 5.02 Å². The van der Waals surface area contributed by atoms with E-state index in [-0.39, 0.29) is 17.9 Å². The Bertz CT molecular complexity index is 765. The Balaban J connectivity index is 1.87. The number of carbonyl (C=O) groups excluding carboxylic acids is 1. The molecule has 2 aromatic carbocycles. The van der Waals surface area contributed by atoms with Crippen LogP contribution >= 0.6 is 11.6 Å². The highest BCUT2D eigenvalue weighted by Crippen LogP contribution is 2.36. The van der Waals surface area contributed by atoms with Gasteiger partial charge in [-0.1, -0.05) is 66.9 Å². The van der Waals surface area contributed by atoms with E-state index in [1.54, 1.807) is 0 Å². The molecular weight excluding hydrogens is 332 g/mol. The quantitative estimate of drug-likeness (QED) is 0.761. The molecule has 0 saturated carbocycles. The summed E-state index contributed by atoms with van der Waals surface area (Å²) in [5.41, 5.74) is 4.33. The van der Waals surface area contributed by atoms with Crippen molar-refractivity contribution in [3.8, 4) is 0 Å². The van der Waals surface area contributed by atoms with Crippen molar-refractivity contribution in [1.29, 1.82) is 0 Å². The summed E-state index contributed by atoms with van der Waals surface area (Å²) in [5, 5.41) is 3.70. The maximum absolute atomic E-state index is 12.5. The van der Waals surface area contributed by atoms with Gasteiger partial charge in [-0.3, -0.25) is 9.79 Å². The lowest BCUT2D eigenvalue weighted by Crippen LogP contribution is -2.47. The molecule has 0 radical (unpaired) electrons. The number of aryl methyl sites for hydroxylation is 1. The van der Waals surface area contributed by atoms with Gasteiger partial charge in [0, 0.05) is 11.6 Å². The molecule has 0 spiro atoms. The Hall–Kier alpha value is -2.13. The maximum Gasteiger partial charge on any atom is 0.245 e. The number of hydrogen-bond donors (Lipinski definition) is 1. The van der Waals surface area contributed by atoms with Crippen LogP contribution in [-0.4, -0.2) is 24.2 Å². The topological polar surface area (TPSA) is 41.5 Å². The Morgan fingerprint density at radius 1 is 1.12 bits per heavy atom. The van der Waals surface area contributed by atoms with Crippen molar-refractivity contribution in [3.63, 3.8) is 0 Å². The van der Waals surface area contributed by atoms with E-state index in [4.69, 9.17) is 11.6 Å². The second-order valence-electron chi connectivity index (χ2n) is 6.50. The van der Waals surface area contributed by atoms with E-state index in [0.717, 1.165) is 29.7 Å². The van der Waals surface area contributed by atoms with Crippen LogP contribution in [0.1, 0.15) is 42.4 Å². The monoisotopic (exact) mass is 354 g/mol. The molecule has 1 N–H and O–H groups in total. The molecule has 1 aliphatic heterocycles. The predicted molar refractivity (Wildman–Crippen MR) is 104 cm³/mol. The van der Waals surface area contributed by atoms with Crippen molar-refractivity contribution in [2.45, 2.75) is 38.6 Å². The van der Waals surface area contributed by atoms with Gasteiger partial charge in [0.05, 0.1) is 11.6 Å². The summed E-state index contributed by atoms with van der Waals surface area (Å²) < 4.78 is 0. The summed E-state index contributed by atoms with van der Waals surface area (Å²) in [7, 11) is 0. The highest BCUT2D eigenvalue weighted by molar-refractivity contribution is 6.30. The van der Waals surface area contributed by atoms with Crippen LogP contribution in [0.25, 0.3) is 0 Å².